The van der Waals surface area contributed by atoms with Crippen LogP contribution in [0.3, 0.4) is 0 Å². The van der Waals surface area contributed by atoms with E-state index in [0.29, 0.717) is 13.1 Å². The number of likely N-dealkylation sites (tertiary alicyclic amines) is 2. The lowest BCUT2D eigenvalue weighted by atomic mass is 10.0. The van der Waals surface area contributed by atoms with E-state index in [2.05, 4.69) is 11.8 Å². The lowest BCUT2D eigenvalue weighted by Crippen LogP contribution is -2.61. The van der Waals surface area contributed by atoms with E-state index in [9.17, 15) is 13.2 Å². The van der Waals surface area contributed by atoms with Crippen molar-refractivity contribution in [2.45, 2.75) is 56.7 Å². The van der Waals surface area contributed by atoms with Gasteiger partial charge < -0.3 is 9.80 Å². The van der Waals surface area contributed by atoms with E-state index in [-0.39, 0.29) is 17.9 Å². The van der Waals surface area contributed by atoms with Crippen LogP contribution in [0.15, 0.2) is 0 Å². The summed E-state index contributed by atoms with van der Waals surface area (Å²) < 4.78 is 27.3. The maximum atomic E-state index is 12.8. The number of sulfonamides is 1. The molecule has 1 amide bonds. The first-order valence-electron chi connectivity index (χ1n) is 9.41. The monoisotopic (exact) mass is 357 g/mol. The summed E-state index contributed by atoms with van der Waals surface area (Å²) >= 11 is 0. The molecule has 0 atom stereocenters. The van der Waals surface area contributed by atoms with Crippen LogP contribution in [0.1, 0.15) is 45.4 Å². The van der Waals surface area contributed by atoms with Gasteiger partial charge in [0.15, 0.2) is 0 Å². The summed E-state index contributed by atoms with van der Waals surface area (Å²) in [5.41, 5.74) is 0. The van der Waals surface area contributed by atoms with Gasteiger partial charge in [-0.05, 0) is 45.3 Å². The highest BCUT2D eigenvalue weighted by Crippen LogP contribution is 2.30. The number of hydrogen-bond acceptors (Lipinski definition) is 4. The summed E-state index contributed by atoms with van der Waals surface area (Å²) in [6.45, 7) is 5.89. The largest absolute Gasteiger partial charge is 0.340 e. The molecule has 3 aliphatic rings. The first kappa shape index (κ1) is 18.1. The Hall–Kier alpha value is -0.660. The van der Waals surface area contributed by atoms with Crippen molar-refractivity contribution in [1.82, 2.24) is 14.1 Å². The lowest BCUT2D eigenvalue weighted by Gasteiger charge is -2.43. The van der Waals surface area contributed by atoms with Crippen LogP contribution in [0.25, 0.3) is 0 Å². The van der Waals surface area contributed by atoms with Crippen LogP contribution in [-0.4, -0.2) is 79.5 Å². The summed E-state index contributed by atoms with van der Waals surface area (Å²) in [6, 6.07) is 0.109. The van der Waals surface area contributed by atoms with Crippen molar-refractivity contribution < 1.29 is 13.2 Å². The van der Waals surface area contributed by atoms with Gasteiger partial charge >= 0.3 is 0 Å². The van der Waals surface area contributed by atoms with E-state index in [1.165, 1.54) is 0 Å². The standard InChI is InChI=1S/C17H31N3O3S/c1-3-19-10-8-15(9-11-19)18(2)24(22,23)16-12-20(13-16)17(21)14-6-4-5-7-14/h14-16H,3-13H2,1-2H3. The predicted molar refractivity (Wildman–Crippen MR) is 94.1 cm³/mol. The van der Waals surface area contributed by atoms with Gasteiger partial charge in [0.1, 0.15) is 5.25 Å². The van der Waals surface area contributed by atoms with Crippen molar-refractivity contribution in [2.24, 2.45) is 5.92 Å². The number of carbonyl (C=O) groups excluding carboxylic acids is 1. The smallest absolute Gasteiger partial charge is 0.225 e. The molecule has 2 aliphatic heterocycles. The third-order valence-corrected chi connectivity index (χ3v) is 8.45. The SMILES string of the molecule is CCN1CCC(N(C)S(=O)(=O)C2CN(C(=O)C3CCCC3)C2)CC1. The first-order valence-corrected chi connectivity index (χ1v) is 10.9. The van der Waals surface area contributed by atoms with E-state index in [4.69, 9.17) is 0 Å². The Kier molecular flexibility index (Phi) is 5.52. The molecule has 138 valence electrons. The molecule has 1 aliphatic carbocycles. The van der Waals surface area contributed by atoms with Gasteiger partial charge in [-0.1, -0.05) is 19.8 Å². The highest BCUT2D eigenvalue weighted by Gasteiger charge is 2.45. The van der Waals surface area contributed by atoms with Crippen LogP contribution in [0.2, 0.25) is 0 Å². The van der Waals surface area contributed by atoms with Crippen LogP contribution >= 0.6 is 0 Å². The Morgan fingerprint density at radius 1 is 1.08 bits per heavy atom. The van der Waals surface area contributed by atoms with Gasteiger partial charge in [0.2, 0.25) is 15.9 Å². The molecule has 2 saturated heterocycles. The summed E-state index contributed by atoms with van der Waals surface area (Å²) in [4.78, 5) is 16.5. The zero-order valence-electron chi connectivity index (χ0n) is 15.0. The van der Waals surface area contributed by atoms with Crippen LogP contribution in [0.4, 0.5) is 0 Å². The van der Waals surface area contributed by atoms with E-state index < -0.39 is 15.3 Å². The molecule has 0 radical (unpaired) electrons. The van der Waals surface area contributed by atoms with E-state index in [0.717, 1.165) is 58.2 Å². The molecule has 0 N–H and O–H groups in total. The van der Waals surface area contributed by atoms with Gasteiger partial charge in [0, 0.05) is 32.1 Å². The molecule has 0 unspecified atom stereocenters. The number of hydrogen-bond donors (Lipinski definition) is 0. The van der Waals surface area contributed by atoms with E-state index in [1.807, 2.05) is 0 Å². The second-order valence-electron chi connectivity index (χ2n) is 7.57. The van der Waals surface area contributed by atoms with Gasteiger partial charge in [-0.15, -0.1) is 0 Å². The molecular weight excluding hydrogens is 326 g/mol. The van der Waals surface area contributed by atoms with Crippen molar-refractivity contribution >= 4 is 15.9 Å². The first-order chi connectivity index (χ1) is 11.4. The zero-order chi connectivity index (χ0) is 17.3. The minimum Gasteiger partial charge on any atom is -0.340 e. The summed E-state index contributed by atoms with van der Waals surface area (Å²) in [5.74, 6) is 0.322. The predicted octanol–water partition coefficient (Wildman–Crippen LogP) is 1.13. The van der Waals surface area contributed by atoms with E-state index in [1.54, 1.807) is 16.3 Å². The molecule has 0 aromatic heterocycles. The highest BCUT2D eigenvalue weighted by atomic mass is 32.2. The van der Waals surface area contributed by atoms with Crippen LogP contribution in [-0.2, 0) is 14.8 Å². The minimum atomic E-state index is -3.30. The number of carbonyl (C=O) groups is 1. The number of nitrogens with zero attached hydrogens (tertiary/aromatic N) is 3. The minimum absolute atomic E-state index is 0.109. The molecule has 0 bridgehead atoms. The Balaban J connectivity index is 1.52. The average molecular weight is 358 g/mol. The molecule has 0 aromatic carbocycles. The fraction of sp³-hybridized carbons (Fsp3) is 0.941. The molecule has 7 heteroatoms. The third kappa shape index (κ3) is 3.48. The Morgan fingerprint density at radius 3 is 2.21 bits per heavy atom. The quantitative estimate of drug-likeness (QED) is 0.740. The average Bonchev–Trinajstić information content (AvgIpc) is 3.07. The number of rotatable bonds is 5. The molecule has 3 rings (SSSR count). The molecule has 1 saturated carbocycles. The highest BCUT2D eigenvalue weighted by molar-refractivity contribution is 7.89. The van der Waals surface area contributed by atoms with Crippen molar-refractivity contribution in [3.63, 3.8) is 0 Å². The molecule has 3 fully saturated rings. The normalized spacial score (nSPS) is 25.4. The molecule has 6 nitrogen and oxygen atoms in total. The summed E-state index contributed by atoms with van der Waals surface area (Å²) in [5, 5.41) is -0.406. The zero-order valence-corrected chi connectivity index (χ0v) is 15.8. The summed E-state index contributed by atoms with van der Waals surface area (Å²) in [7, 11) is -1.57. The lowest BCUT2D eigenvalue weighted by molar-refractivity contribution is -0.138. The number of piperidine rings is 1. The molecular formula is C17H31N3O3S. The van der Waals surface area contributed by atoms with Crippen LogP contribution in [0.5, 0.6) is 0 Å². The fourth-order valence-electron chi connectivity index (χ4n) is 4.28. The molecule has 0 spiro atoms. The Morgan fingerprint density at radius 2 is 1.67 bits per heavy atom. The van der Waals surface area contributed by atoms with Gasteiger partial charge in [-0.25, -0.2) is 12.7 Å². The summed E-state index contributed by atoms with van der Waals surface area (Å²) in [6.07, 6.45) is 6.02. The topological polar surface area (TPSA) is 60.9 Å². The van der Waals surface area contributed by atoms with Crippen molar-refractivity contribution in [3.05, 3.63) is 0 Å². The second kappa shape index (κ2) is 7.30. The van der Waals surface area contributed by atoms with Gasteiger partial charge in [0.05, 0.1) is 0 Å². The Bertz CT molecular complexity index is 545. The van der Waals surface area contributed by atoms with Crippen molar-refractivity contribution in [2.75, 3.05) is 39.8 Å². The van der Waals surface area contributed by atoms with Crippen molar-refractivity contribution in [3.8, 4) is 0 Å². The molecule has 2 heterocycles. The molecule has 24 heavy (non-hydrogen) atoms. The molecule has 0 aromatic rings. The van der Waals surface area contributed by atoms with Crippen LogP contribution in [0, 0.1) is 5.92 Å². The van der Waals surface area contributed by atoms with Crippen molar-refractivity contribution in [1.29, 1.82) is 0 Å². The number of amides is 1. The maximum absolute atomic E-state index is 12.8. The van der Waals surface area contributed by atoms with E-state index >= 15 is 0 Å². The van der Waals surface area contributed by atoms with Crippen LogP contribution < -0.4 is 0 Å². The van der Waals surface area contributed by atoms with Gasteiger partial charge in [-0.2, -0.15) is 0 Å². The van der Waals surface area contributed by atoms with Gasteiger partial charge in [-0.3, -0.25) is 4.79 Å². The maximum Gasteiger partial charge on any atom is 0.225 e. The fourth-order valence-corrected chi connectivity index (χ4v) is 6.11. The Labute approximate surface area is 146 Å². The second-order valence-corrected chi connectivity index (χ2v) is 9.85. The third-order valence-electron chi connectivity index (χ3n) is 6.21. The van der Waals surface area contributed by atoms with Gasteiger partial charge in [0.25, 0.3) is 0 Å².